The quantitative estimate of drug-likeness (QED) is 0.920. The van der Waals surface area contributed by atoms with Crippen LogP contribution in [0.1, 0.15) is 23.2 Å². The fourth-order valence-corrected chi connectivity index (χ4v) is 4.18. The molecule has 0 aromatic heterocycles. The number of piperidine rings is 3. The van der Waals surface area contributed by atoms with E-state index in [2.05, 4.69) is 27.0 Å². The maximum Gasteiger partial charge on any atom is 0.251 e. The van der Waals surface area contributed by atoms with Gasteiger partial charge in [0.05, 0.1) is 0 Å². The molecular formula is C16H18N2OS. The number of hydrogen-bond acceptors (Lipinski definition) is 3. The van der Waals surface area contributed by atoms with Crippen LogP contribution in [0, 0.1) is 5.92 Å². The lowest BCUT2D eigenvalue weighted by molar-refractivity contribution is 0.0620. The van der Waals surface area contributed by atoms with Gasteiger partial charge in [-0.15, -0.1) is 0 Å². The minimum atomic E-state index is 0.0879. The second-order valence-corrected chi connectivity index (χ2v) is 6.71. The third kappa shape index (κ3) is 2.13. The molecular weight excluding hydrogens is 268 g/mol. The Morgan fingerprint density at radius 2 is 2.05 bits per heavy atom. The molecule has 20 heavy (non-hydrogen) atoms. The van der Waals surface area contributed by atoms with E-state index in [1.54, 1.807) is 11.3 Å². The standard InChI is InChI=1S/C16H18N2OS/c19-16(13-7-12-3-6-20-10-14(12)8-13)17-15-9-18-4-1-11(15)2-5-18/h3,6-8,10-11,15H,1-2,4-5,9H2,(H,17,19). The third-order valence-electron chi connectivity index (χ3n) is 4.71. The van der Waals surface area contributed by atoms with Crippen molar-refractivity contribution >= 4 is 17.2 Å². The summed E-state index contributed by atoms with van der Waals surface area (Å²) in [6.07, 6.45) is 2.46. The SMILES string of the molecule is O=C(NC1CN2CCC1CC2)c1cc2ccscc-2c1. The monoisotopic (exact) mass is 286 g/mol. The Morgan fingerprint density at radius 1 is 1.25 bits per heavy atom. The summed E-state index contributed by atoms with van der Waals surface area (Å²) < 4.78 is 0. The van der Waals surface area contributed by atoms with Crippen molar-refractivity contribution in [3.8, 4) is 11.1 Å². The molecule has 104 valence electrons. The summed E-state index contributed by atoms with van der Waals surface area (Å²) in [4.78, 5) is 14.9. The highest BCUT2D eigenvalue weighted by Gasteiger charge is 2.35. The lowest BCUT2D eigenvalue weighted by Gasteiger charge is -2.44. The fourth-order valence-electron chi connectivity index (χ4n) is 3.53. The molecule has 3 nitrogen and oxygen atoms in total. The topological polar surface area (TPSA) is 32.3 Å². The molecule has 4 aliphatic heterocycles. The summed E-state index contributed by atoms with van der Waals surface area (Å²) in [7, 11) is 0. The predicted molar refractivity (Wildman–Crippen MR) is 81.4 cm³/mol. The Labute approximate surface area is 122 Å². The number of carbonyl (C=O) groups excluding carboxylic acids is 1. The molecule has 2 bridgehead atoms. The molecule has 1 aliphatic carbocycles. The molecule has 1 unspecified atom stereocenters. The van der Waals surface area contributed by atoms with Crippen LogP contribution in [0.15, 0.2) is 29.0 Å². The zero-order valence-electron chi connectivity index (χ0n) is 11.3. The smallest absolute Gasteiger partial charge is 0.251 e. The van der Waals surface area contributed by atoms with E-state index >= 15 is 0 Å². The van der Waals surface area contributed by atoms with Gasteiger partial charge in [0.1, 0.15) is 0 Å². The second kappa shape index (κ2) is 4.86. The molecule has 4 heteroatoms. The fraction of sp³-hybridized carbons (Fsp3) is 0.438. The first-order chi connectivity index (χ1) is 9.79. The van der Waals surface area contributed by atoms with Gasteiger partial charge in [0, 0.05) is 18.2 Å². The summed E-state index contributed by atoms with van der Waals surface area (Å²) in [6, 6.07) is 6.41. The second-order valence-electron chi connectivity index (χ2n) is 5.93. The maximum absolute atomic E-state index is 12.4. The molecule has 3 fully saturated rings. The van der Waals surface area contributed by atoms with Crippen LogP contribution < -0.4 is 5.32 Å². The average molecular weight is 286 g/mol. The van der Waals surface area contributed by atoms with Crippen molar-refractivity contribution in [2.75, 3.05) is 19.6 Å². The van der Waals surface area contributed by atoms with Crippen LogP contribution in [0.5, 0.6) is 0 Å². The minimum absolute atomic E-state index is 0.0879. The zero-order chi connectivity index (χ0) is 13.5. The van der Waals surface area contributed by atoms with Crippen LogP contribution in [0.2, 0.25) is 0 Å². The van der Waals surface area contributed by atoms with E-state index in [1.165, 1.54) is 25.9 Å². The van der Waals surface area contributed by atoms with E-state index < -0.39 is 0 Å². The highest BCUT2D eigenvalue weighted by molar-refractivity contribution is 7.07. The van der Waals surface area contributed by atoms with Crippen molar-refractivity contribution in [1.82, 2.24) is 10.2 Å². The maximum atomic E-state index is 12.4. The van der Waals surface area contributed by atoms with Crippen molar-refractivity contribution in [3.63, 3.8) is 0 Å². The number of carbonyl (C=O) groups is 1. The van der Waals surface area contributed by atoms with Crippen molar-refractivity contribution < 1.29 is 4.79 Å². The summed E-state index contributed by atoms with van der Waals surface area (Å²) in [5, 5.41) is 7.40. The van der Waals surface area contributed by atoms with Gasteiger partial charge in [-0.05, 0) is 71.9 Å². The Hall–Kier alpha value is -1.39. The van der Waals surface area contributed by atoms with Crippen LogP contribution in [0.3, 0.4) is 0 Å². The number of nitrogens with one attached hydrogen (secondary N) is 1. The molecule has 0 aromatic carbocycles. The highest BCUT2D eigenvalue weighted by Crippen LogP contribution is 2.29. The number of hydrogen-bond donors (Lipinski definition) is 1. The van der Waals surface area contributed by atoms with Gasteiger partial charge < -0.3 is 10.2 Å². The van der Waals surface area contributed by atoms with Gasteiger partial charge in [0.15, 0.2) is 0 Å². The third-order valence-corrected chi connectivity index (χ3v) is 5.39. The molecule has 0 radical (unpaired) electrons. The van der Waals surface area contributed by atoms with Gasteiger partial charge in [0.25, 0.3) is 5.91 Å². The van der Waals surface area contributed by atoms with Crippen molar-refractivity contribution in [3.05, 3.63) is 34.5 Å². The molecule has 5 aliphatic rings. The molecule has 1 amide bonds. The minimum Gasteiger partial charge on any atom is -0.348 e. The van der Waals surface area contributed by atoms with Gasteiger partial charge in [0.2, 0.25) is 0 Å². The van der Waals surface area contributed by atoms with E-state index in [9.17, 15) is 4.79 Å². The lowest BCUT2D eigenvalue weighted by atomic mass is 9.84. The first kappa shape index (κ1) is 12.4. The van der Waals surface area contributed by atoms with Crippen LogP contribution in [-0.4, -0.2) is 36.5 Å². The summed E-state index contributed by atoms with van der Waals surface area (Å²) in [6.45, 7) is 3.44. The molecule has 3 saturated heterocycles. The van der Waals surface area contributed by atoms with Gasteiger partial charge in [-0.3, -0.25) is 4.79 Å². The number of amides is 1. The molecule has 1 atom stereocenters. The van der Waals surface area contributed by atoms with Gasteiger partial charge in [-0.25, -0.2) is 0 Å². The van der Waals surface area contributed by atoms with Crippen LogP contribution in [-0.2, 0) is 0 Å². The zero-order valence-corrected chi connectivity index (χ0v) is 12.2. The average Bonchev–Trinajstić information content (AvgIpc) is 2.92. The molecule has 0 aromatic rings. The van der Waals surface area contributed by atoms with Crippen LogP contribution >= 0.6 is 11.3 Å². The van der Waals surface area contributed by atoms with Gasteiger partial charge in [-0.2, -0.15) is 11.3 Å². The van der Waals surface area contributed by atoms with Crippen LogP contribution in [0.25, 0.3) is 11.1 Å². The van der Waals surface area contributed by atoms with E-state index in [0.717, 1.165) is 23.2 Å². The summed E-state index contributed by atoms with van der Waals surface area (Å²) in [5.41, 5.74) is 3.12. The first-order valence-corrected chi connectivity index (χ1v) is 8.23. The molecule has 5 rings (SSSR count). The van der Waals surface area contributed by atoms with E-state index in [0.29, 0.717) is 12.0 Å². The van der Waals surface area contributed by atoms with Gasteiger partial charge in [-0.1, -0.05) is 0 Å². The number of fused-ring (bicyclic) bond motifs is 4. The van der Waals surface area contributed by atoms with Crippen molar-refractivity contribution in [2.24, 2.45) is 5.92 Å². The largest absolute Gasteiger partial charge is 0.348 e. The number of nitrogens with zero attached hydrogens (tertiary/aromatic N) is 1. The summed E-state index contributed by atoms with van der Waals surface area (Å²) >= 11 is 1.66. The Morgan fingerprint density at radius 3 is 2.75 bits per heavy atom. The van der Waals surface area contributed by atoms with E-state index in [-0.39, 0.29) is 5.91 Å². The molecule has 4 heterocycles. The van der Waals surface area contributed by atoms with Crippen molar-refractivity contribution in [2.45, 2.75) is 18.9 Å². The normalized spacial score (nSPS) is 28.7. The van der Waals surface area contributed by atoms with Crippen molar-refractivity contribution in [1.29, 1.82) is 0 Å². The Kier molecular flexibility index (Phi) is 3.00. The predicted octanol–water partition coefficient (Wildman–Crippen LogP) is 2.68. The molecule has 0 saturated carbocycles. The first-order valence-electron chi connectivity index (χ1n) is 7.29. The Balaban J connectivity index is 1.52. The van der Waals surface area contributed by atoms with Gasteiger partial charge >= 0.3 is 0 Å². The molecule has 1 N–H and O–H groups in total. The van der Waals surface area contributed by atoms with Crippen LogP contribution in [0.4, 0.5) is 0 Å². The van der Waals surface area contributed by atoms with E-state index in [4.69, 9.17) is 0 Å². The summed E-state index contributed by atoms with van der Waals surface area (Å²) in [5.74, 6) is 0.764. The Bertz CT molecular complexity index is 570. The number of rotatable bonds is 2. The van der Waals surface area contributed by atoms with E-state index in [1.807, 2.05) is 12.1 Å². The molecule has 0 spiro atoms. The lowest BCUT2D eigenvalue weighted by Crippen LogP contribution is -2.57. The highest BCUT2D eigenvalue weighted by atomic mass is 32.1.